The van der Waals surface area contributed by atoms with Crippen LogP contribution in [-0.4, -0.2) is 46.7 Å². The second-order valence-electron chi connectivity index (χ2n) is 4.42. The molecule has 1 N–H and O–H groups in total. The number of rotatable bonds is 7. The van der Waals surface area contributed by atoms with Crippen LogP contribution in [0, 0.1) is 0 Å². The lowest BCUT2D eigenvalue weighted by Gasteiger charge is -2.36. The Balaban J connectivity index is 6.34. The van der Waals surface area contributed by atoms with Gasteiger partial charge in [-0.3, -0.25) is 9.59 Å². The summed E-state index contributed by atoms with van der Waals surface area (Å²) in [6.07, 6.45) is -9.66. The van der Waals surface area contributed by atoms with Crippen molar-refractivity contribution in [2.75, 3.05) is 0 Å². The van der Waals surface area contributed by atoms with Crippen LogP contribution in [0.3, 0.4) is 0 Å². The molecule has 0 aromatic carbocycles. The quantitative estimate of drug-likeness (QED) is 0.382. The number of carboxylic acid groups (broad SMARTS) is 1. The van der Waals surface area contributed by atoms with Crippen LogP contribution < -0.4 is 0 Å². The highest BCUT2D eigenvalue weighted by Crippen LogP contribution is 2.59. The molecule has 0 aliphatic heterocycles. The maximum Gasteiger partial charge on any atom is 0.460 e. The summed E-state index contributed by atoms with van der Waals surface area (Å²) < 4.78 is 164. The molecule has 152 valence electrons. The molecule has 0 aromatic rings. The first-order valence-corrected chi connectivity index (χ1v) is 5.55. The van der Waals surface area contributed by atoms with E-state index in [1.807, 2.05) is 0 Å². The van der Waals surface area contributed by atoms with Crippen LogP contribution in [0.2, 0.25) is 0 Å². The van der Waals surface area contributed by atoms with E-state index in [9.17, 15) is 66.7 Å². The summed E-state index contributed by atoms with van der Waals surface area (Å²) in [7, 11) is 0. The van der Waals surface area contributed by atoms with Gasteiger partial charge >= 0.3 is 35.8 Å². The van der Waals surface area contributed by atoms with E-state index in [4.69, 9.17) is 5.11 Å². The first-order valence-electron chi connectivity index (χ1n) is 5.55. The smallest absolute Gasteiger partial charge is 0.460 e. The zero-order chi connectivity index (χ0) is 21.5. The van der Waals surface area contributed by atoms with Crippen molar-refractivity contribution in [1.82, 2.24) is 0 Å². The molecule has 0 saturated heterocycles. The summed E-state index contributed by atoms with van der Waals surface area (Å²) in [5.74, 6) is -44.4. The molecular formula is C10H3F13O3. The van der Waals surface area contributed by atoms with Gasteiger partial charge in [-0.25, -0.2) is 4.39 Å². The largest absolute Gasteiger partial charge is 0.481 e. The van der Waals surface area contributed by atoms with Crippen molar-refractivity contribution in [3.05, 3.63) is 11.7 Å². The van der Waals surface area contributed by atoms with Gasteiger partial charge in [-0.1, -0.05) is 0 Å². The minimum atomic E-state index is -8.00. The molecule has 0 rings (SSSR count). The van der Waals surface area contributed by atoms with Crippen LogP contribution in [0.5, 0.6) is 0 Å². The summed E-state index contributed by atoms with van der Waals surface area (Å²) in [5, 5.41) is 7.99. The number of alkyl halides is 11. The number of carbonyl (C=O) groups excluding carboxylic acids is 1. The maximum atomic E-state index is 13.1. The van der Waals surface area contributed by atoms with E-state index in [-0.39, 0.29) is 0 Å². The predicted molar refractivity (Wildman–Crippen MR) is 52.3 cm³/mol. The Labute approximate surface area is 133 Å². The third kappa shape index (κ3) is 3.58. The highest BCUT2D eigenvalue weighted by Gasteiger charge is 2.88. The zero-order valence-electron chi connectivity index (χ0n) is 11.4. The summed E-state index contributed by atoms with van der Waals surface area (Å²) in [6.45, 7) is 0. The van der Waals surface area contributed by atoms with Crippen LogP contribution in [0.4, 0.5) is 57.1 Å². The Kier molecular flexibility index (Phi) is 6.09. The molecule has 0 amide bonds. The number of allylic oxidation sites excluding steroid dienone is 2. The number of hydrogen-bond acceptors (Lipinski definition) is 2. The lowest BCUT2D eigenvalue weighted by molar-refractivity contribution is -0.419. The van der Waals surface area contributed by atoms with Crippen LogP contribution in [0.1, 0.15) is 6.42 Å². The standard InChI is InChI=1S/C10H3F13O3/c11-4(2(24)1-3(25)26)5(12)6(13,14)7(15,16)8(17,18)9(19,20)10(21,22)23/h1H2,(H,25,26)/b5-4+. The molecule has 0 aromatic heterocycles. The third-order valence-electron chi connectivity index (χ3n) is 2.56. The molecular weight excluding hydrogens is 415 g/mol. The molecule has 0 unspecified atom stereocenters. The van der Waals surface area contributed by atoms with Gasteiger partial charge in [0.05, 0.1) is 0 Å². The van der Waals surface area contributed by atoms with Gasteiger partial charge in [-0.2, -0.15) is 52.7 Å². The maximum absolute atomic E-state index is 13.1. The van der Waals surface area contributed by atoms with Crippen molar-refractivity contribution in [1.29, 1.82) is 0 Å². The number of Topliss-reactive ketones (excluding diaryl/α,β-unsaturated/α-hetero) is 1. The highest BCUT2D eigenvalue weighted by molar-refractivity contribution is 6.04. The SMILES string of the molecule is O=C(O)CC(=O)/C(F)=C(\F)C(F)(F)C(F)(F)C(F)(F)C(F)(F)C(F)(F)F. The first kappa shape index (κ1) is 24.0. The molecule has 0 heterocycles. The van der Waals surface area contributed by atoms with E-state index in [1.54, 1.807) is 0 Å². The van der Waals surface area contributed by atoms with Crippen molar-refractivity contribution in [2.45, 2.75) is 36.3 Å². The minimum Gasteiger partial charge on any atom is -0.481 e. The molecule has 0 atom stereocenters. The molecule has 0 bridgehead atoms. The zero-order valence-corrected chi connectivity index (χ0v) is 11.4. The normalized spacial score (nSPS) is 15.6. The fraction of sp³-hybridized carbons (Fsp3) is 0.600. The van der Waals surface area contributed by atoms with Gasteiger partial charge in [0.25, 0.3) is 0 Å². The predicted octanol–water partition coefficient (Wildman–Crippen LogP) is 4.28. The molecule has 16 heteroatoms. The van der Waals surface area contributed by atoms with Gasteiger partial charge in [-0.15, -0.1) is 0 Å². The summed E-state index contributed by atoms with van der Waals surface area (Å²) in [5.41, 5.74) is 0. The first-order chi connectivity index (χ1) is 11.2. The van der Waals surface area contributed by atoms with Gasteiger partial charge < -0.3 is 5.11 Å². The van der Waals surface area contributed by atoms with Crippen molar-refractivity contribution < 1.29 is 71.8 Å². The van der Waals surface area contributed by atoms with Crippen LogP contribution in [0.15, 0.2) is 11.7 Å². The second kappa shape index (κ2) is 6.61. The Morgan fingerprint density at radius 3 is 1.38 bits per heavy atom. The van der Waals surface area contributed by atoms with Gasteiger partial charge in [0.1, 0.15) is 6.42 Å². The topological polar surface area (TPSA) is 54.4 Å². The van der Waals surface area contributed by atoms with E-state index < -0.39 is 59.7 Å². The number of ketones is 1. The minimum absolute atomic E-state index is 2.16. The van der Waals surface area contributed by atoms with E-state index >= 15 is 0 Å². The third-order valence-corrected chi connectivity index (χ3v) is 2.56. The monoisotopic (exact) mass is 418 g/mol. The average Bonchev–Trinajstić information content (AvgIpc) is 2.42. The molecule has 0 aliphatic carbocycles. The lowest BCUT2D eigenvalue weighted by atomic mass is 9.96. The Bertz CT molecular complexity index is 616. The van der Waals surface area contributed by atoms with Crippen molar-refractivity contribution >= 4 is 11.8 Å². The summed E-state index contributed by atoms with van der Waals surface area (Å²) in [6, 6.07) is 0. The van der Waals surface area contributed by atoms with Gasteiger partial charge in [0.2, 0.25) is 17.4 Å². The molecule has 0 aliphatic rings. The van der Waals surface area contributed by atoms with Gasteiger partial charge in [0.15, 0.2) is 0 Å². The molecule has 26 heavy (non-hydrogen) atoms. The van der Waals surface area contributed by atoms with Gasteiger partial charge in [-0.05, 0) is 0 Å². The fourth-order valence-corrected chi connectivity index (χ4v) is 1.19. The lowest BCUT2D eigenvalue weighted by Crippen LogP contribution is -2.66. The number of aliphatic carboxylic acids is 1. The van der Waals surface area contributed by atoms with E-state index in [1.165, 1.54) is 0 Å². The van der Waals surface area contributed by atoms with Crippen LogP contribution in [0.25, 0.3) is 0 Å². The van der Waals surface area contributed by atoms with E-state index in [0.717, 1.165) is 0 Å². The number of hydrogen-bond donors (Lipinski definition) is 1. The number of carbonyl (C=O) groups is 2. The van der Waals surface area contributed by atoms with Crippen molar-refractivity contribution in [2.24, 2.45) is 0 Å². The Morgan fingerprint density at radius 2 is 1.08 bits per heavy atom. The van der Waals surface area contributed by atoms with Crippen LogP contribution >= 0.6 is 0 Å². The highest BCUT2D eigenvalue weighted by atomic mass is 19.4. The van der Waals surface area contributed by atoms with Gasteiger partial charge in [0, 0.05) is 0 Å². The summed E-state index contributed by atoms with van der Waals surface area (Å²) in [4.78, 5) is 20.6. The molecule has 0 spiro atoms. The van der Waals surface area contributed by atoms with Crippen LogP contribution in [-0.2, 0) is 9.59 Å². The van der Waals surface area contributed by atoms with Crippen molar-refractivity contribution in [3.8, 4) is 0 Å². The number of halogens is 13. The second-order valence-corrected chi connectivity index (χ2v) is 4.42. The Hall–Kier alpha value is -2.03. The molecule has 0 fully saturated rings. The van der Waals surface area contributed by atoms with E-state index in [2.05, 4.69) is 0 Å². The van der Waals surface area contributed by atoms with E-state index in [0.29, 0.717) is 0 Å². The number of carboxylic acids is 1. The summed E-state index contributed by atoms with van der Waals surface area (Å²) >= 11 is 0. The molecule has 3 nitrogen and oxygen atoms in total. The Morgan fingerprint density at radius 1 is 0.692 bits per heavy atom. The molecule has 0 radical (unpaired) electrons. The van der Waals surface area contributed by atoms with Crippen molar-refractivity contribution in [3.63, 3.8) is 0 Å². The average molecular weight is 418 g/mol. The molecule has 0 saturated carbocycles. The fourth-order valence-electron chi connectivity index (χ4n) is 1.19.